The molecule has 0 amide bonds. The Bertz CT molecular complexity index is 1420. The Morgan fingerprint density at radius 3 is 2.74 bits per heavy atom. The molecule has 8 heteroatoms. The predicted molar refractivity (Wildman–Crippen MR) is 128 cm³/mol. The van der Waals surface area contributed by atoms with Crippen LogP contribution in [0.3, 0.4) is 0 Å². The van der Waals surface area contributed by atoms with Crippen LogP contribution in [-0.2, 0) is 7.05 Å². The van der Waals surface area contributed by atoms with E-state index in [4.69, 9.17) is 15.7 Å². The van der Waals surface area contributed by atoms with Crippen LogP contribution in [0.1, 0.15) is 19.3 Å². The molecule has 154 valence electrons. The standard InChI is InChI=1S/C23H20N6S2/c1-29-12-15-10-14(11-25-20(15)28-29)21-26-19(13-6-3-2-4-7-13)17-18(24)23(31-22(17)27-21)30-16-8-5-9-16/h2-4,6-7,10-12,16H,5,8-9,24H2,1H3. The minimum absolute atomic E-state index is 0.658. The van der Waals surface area contributed by atoms with E-state index < -0.39 is 0 Å². The van der Waals surface area contributed by atoms with E-state index in [2.05, 4.69) is 22.2 Å². The van der Waals surface area contributed by atoms with Crippen molar-refractivity contribution >= 4 is 50.0 Å². The molecule has 2 N–H and O–H groups in total. The van der Waals surface area contributed by atoms with Gasteiger partial charge in [-0.2, -0.15) is 5.10 Å². The minimum Gasteiger partial charge on any atom is -0.397 e. The lowest BCUT2D eigenvalue weighted by Gasteiger charge is -2.23. The highest BCUT2D eigenvalue weighted by molar-refractivity contribution is 8.02. The third-order valence-corrected chi connectivity index (χ3v) is 8.33. The smallest absolute Gasteiger partial charge is 0.181 e. The van der Waals surface area contributed by atoms with Crippen LogP contribution in [0.4, 0.5) is 5.69 Å². The molecule has 1 fully saturated rings. The summed E-state index contributed by atoms with van der Waals surface area (Å²) in [6.07, 6.45) is 7.59. The number of benzene rings is 1. The largest absolute Gasteiger partial charge is 0.397 e. The quantitative estimate of drug-likeness (QED) is 0.392. The van der Waals surface area contributed by atoms with E-state index in [0.717, 1.165) is 48.0 Å². The first-order valence-corrected chi connectivity index (χ1v) is 12.0. The molecule has 1 aromatic carbocycles. The fourth-order valence-electron chi connectivity index (χ4n) is 3.82. The lowest BCUT2D eigenvalue weighted by Crippen LogP contribution is -2.12. The number of hydrogen-bond acceptors (Lipinski definition) is 7. The molecule has 5 aromatic rings. The second-order valence-corrected chi connectivity index (χ2v) is 10.4. The van der Waals surface area contributed by atoms with E-state index in [0.29, 0.717) is 11.1 Å². The van der Waals surface area contributed by atoms with Crippen molar-refractivity contribution in [3.8, 4) is 22.6 Å². The van der Waals surface area contributed by atoms with Crippen molar-refractivity contribution in [2.24, 2.45) is 7.05 Å². The Hall–Kier alpha value is -2.97. The molecule has 0 saturated heterocycles. The van der Waals surface area contributed by atoms with E-state index in [1.54, 1.807) is 22.2 Å². The first-order valence-electron chi connectivity index (χ1n) is 10.3. The predicted octanol–water partition coefficient (Wildman–Crippen LogP) is 5.53. The van der Waals surface area contributed by atoms with Crippen LogP contribution in [0.25, 0.3) is 43.9 Å². The molecular formula is C23H20N6S2. The summed E-state index contributed by atoms with van der Waals surface area (Å²) in [7, 11) is 1.90. The van der Waals surface area contributed by atoms with Crippen LogP contribution in [-0.4, -0.2) is 30.0 Å². The van der Waals surface area contributed by atoms with E-state index in [9.17, 15) is 0 Å². The molecule has 6 nitrogen and oxygen atoms in total. The molecule has 4 aromatic heterocycles. The minimum atomic E-state index is 0.658. The summed E-state index contributed by atoms with van der Waals surface area (Å²) in [4.78, 5) is 15.3. The first-order chi connectivity index (χ1) is 15.2. The van der Waals surface area contributed by atoms with Gasteiger partial charge in [-0.25, -0.2) is 15.0 Å². The van der Waals surface area contributed by atoms with E-state index in [1.807, 2.05) is 49.3 Å². The van der Waals surface area contributed by atoms with E-state index in [-0.39, 0.29) is 0 Å². The second kappa shape index (κ2) is 7.32. The van der Waals surface area contributed by atoms with Crippen LogP contribution in [0.5, 0.6) is 0 Å². The van der Waals surface area contributed by atoms with Gasteiger partial charge in [0.2, 0.25) is 0 Å². The Labute approximate surface area is 187 Å². The highest BCUT2D eigenvalue weighted by atomic mass is 32.2. The van der Waals surface area contributed by atoms with Gasteiger partial charge in [0.05, 0.1) is 21.0 Å². The van der Waals surface area contributed by atoms with E-state index >= 15 is 0 Å². The summed E-state index contributed by atoms with van der Waals surface area (Å²) in [5, 5.41) is 6.96. The Morgan fingerprint density at radius 1 is 1.13 bits per heavy atom. The zero-order valence-corrected chi connectivity index (χ0v) is 18.6. The third-order valence-electron chi connectivity index (χ3n) is 5.66. The van der Waals surface area contributed by atoms with Crippen LogP contribution >= 0.6 is 23.1 Å². The maximum atomic E-state index is 6.66. The highest BCUT2D eigenvalue weighted by Gasteiger charge is 2.24. The third kappa shape index (κ3) is 3.26. The maximum Gasteiger partial charge on any atom is 0.181 e. The normalized spacial score (nSPS) is 14.4. The van der Waals surface area contributed by atoms with Crippen LogP contribution in [0.2, 0.25) is 0 Å². The fraction of sp³-hybridized carbons (Fsp3) is 0.217. The number of thiophene rings is 1. The van der Waals surface area contributed by atoms with Gasteiger partial charge in [-0.05, 0) is 18.9 Å². The molecule has 0 atom stereocenters. The zero-order valence-electron chi connectivity index (χ0n) is 16.9. The molecule has 0 spiro atoms. The first kappa shape index (κ1) is 18.8. The van der Waals surface area contributed by atoms with Crippen LogP contribution in [0, 0.1) is 0 Å². The number of nitrogens with two attached hydrogens (primary N) is 1. The van der Waals surface area contributed by atoms with Crippen molar-refractivity contribution in [2.45, 2.75) is 28.7 Å². The van der Waals surface area contributed by atoms with Crippen molar-refractivity contribution in [1.82, 2.24) is 24.7 Å². The summed E-state index contributed by atoms with van der Waals surface area (Å²) in [5.74, 6) is 0.658. The van der Waals surface area contributed by atoms with Gasteiger partial charge in [0, 0.05) is 41.2 Å². The molecule has 1 saturated carbocycles. The molecule has 0 aliphatic heterocycles. The molecule has 4 heterocycles. The van der Waals surface area contributed by atoms with Gasteiger partial charge in [-0.3, -0.25) is 4.68 Å². The summed E-state index contributed by atoms with van der Waals surface area (Å²) in [5.41, 5.74) is 11.0. The number of aryl methyl sites for hydroxylation is 1. The lowest BCUT2D eigenvalue weighted by atomic mass is 10.0. The van der Waals surface area contributed by atoms with Crippen LogP contribution in [0.15, 0.2) is 53.0 Å². The molecule has 1 aliphatic carbocycles. The number of thioether (sulfide) groups is 1. The number of nitrogens with zero attached hydrogens (tertiary/aromatic N) is 5. The summed E-state index contributed by atoms with van der Waals surface area (Å²) < 4.78 is 2.93. The molecule has 0 unspecified atom stereocenters. The molecular weight excluding hydrogens is 424 g/mol. The topological polar surface area (TPSA) is 82.5 Å². The summed E-state index contributed by atoms with van der Waals surface area (Å²) in [6, 6.07) is 12.3. The second-order valence-electron chi connectivity index (χ2n) is 7.86. The molecule has 31 heavy (non-hydrogen) atoms. The van der Waals surface area contributed by atoms with Crippen molar-refractivity contribution in [2.75, 3.05) is 5.73 Å². The van der Waals surface area contributed by atoms with Crippen molar-refractivity contribution in [3.63, 3.8) is 0 Å². The zero-order chi connectivity index (χ0) is 20.9. The average molecular weight is 445 g/mol. The van der Waals surface area contributed by atoms with Gasteiger partial charge >= 0.3 is 0 Å². The van der Waals surface area contributed by atoms with Gasteiger partial charge in [0.15, 0.2) is 11.5 Å². The van der Waals surface area contributed by atoms with Crippen molar-refractivity contribution < 1.29 is 0 Å². The van der Waals surface area contributed by atoms with E-state index in [1.165, 1.54) is 19.3 Å². The SMILES string of the molecule is Cn1cc2cc(-c3nc(-c4ccccc4)c4c(N)c(SC5CCC5)sc4n3)cnc2n1. The number of aromatic nitrogens is 5. The van der Waals surface area contributed by atoms with Gasteiger partial charge in [-0.1, -0.05) is 36.8 Å². The Balaban J connectivity index is 1.56. The van der Waals surface area contributed by atoms with Gasteiger partial charge in [0.25, 0.3) is 0 Å². The van der Waals surface area contributed by atoms with Crippen molar-refractivity contribution in [3.05, 3.63) is 48.8 Å². The lowest BCUT2D eigenvalue weighted by molar-refractivity contribution is 0.522. The Kier molecular flexibility index (Phi) is 4.43. The summed E-state index contributed by atoms with van der Waals surface area (Å²) >= 11 is 3.57. The fourth-order valence-corrected chi connectivity index (χ4v) is 6.58. The molecule has 1 aliphatic rings. The number of fused-ring (bicyclic) bond motifs is 2. The number of rotatable bonds is 4. The van der Waals surface area contributed by atoms with Gasteiger partial charge in [-0.15, -0.1) is 23.1 Å². The number of pyridine rings is 1. The highest BCUT2D eigenvalue weighted by Crippen LogP contribution is 2.48. The Morgan fingerprint density at radius 2 is 1.97 bits per heavy atom. The molecule has 0 bridgehead atoms. The monoisotopic (exact) mass is 444 g/mol. The van der Waals surface area contributed by atoms with Crippen LogP contribution < -0.4 is 5.73 Å². The van der Waals surface area contributed by atoms with Crippen molar-refractivity contribution in [1.29, 1.82) is 0 Å². The molecule has 6 rings (SSSR count). The number of nitrogen functional groups attached to an aromatic ring is 1. The summed E-state index contributed by atoms with van der Waals surface area (Å²) in [6.45, 7) is 0. The van der Waals surface area contributed by atoms with Gasteiger partial charge in [0.1, 0.15) is 4.83 Å². The average Bonchev–Trinajstić information content (AvgIpc) is 3.28. The molecule has 0 radical (unpaired) electrons. The van der Waals surface area contributed by atoms with Gasteiger partial charge < -0.3 is 5.73 Å². The number of hydrogen-bond donors (Lipinski definition) is 1. The number of anilines is 1. The maximum absolute atomic E-state index is 6.66.